The number of alkyl halides is 3. The van der Waals surface area contributed by atoms with Crippen molar-refractivity contribution < 1.29 is 13.6 Å². The second-order valence-corrected chi connectivity index (χ2v) is 4.72. The van der Waals surface area contributed by atoms with Crippen LogP contribution in [0.5, 0.6) is 0 Å². The van der Waals surface area contributed by atoms with Crippen molar-refractivity contribution in [3.8, 4) is 0 Å². The predicted molar refractivity (Wildman–Crippen MR) is 55.2 cm³/mol. The molecule has 2 unspecified atom stereocenters. The highest BCUT2D eigenvalue weighted by atomic mass is 35.5. The molecule has 0 aromatic carbocycles. The Kier molecular flexibility index (Phi) is 4.32. The van der Waals surface area contributed by atoms with Crippen molar-refractivity contribution >= 4 is 17.5 Å². The minimum atomic E-state index is -2.64. The third-order valence-corrected chi connectivity index (χ3v) is 2.99. The van der Waals surface area contributed by atoms with Gasteiger partial charge < -0.3 is 5.32 Å². The molecule has 5 heteroatoms. The van der Waals surface area contributed by atoms with Crippen LogP contribution >= 0.6 is 11.6 Å². The summed E-state index contributed by atoms with van der Waals surface area (Å²) in [6.45, 7) is 1.55. The summed E-state index contributed by atoms with van der Waals surface area (Å²) in [5, 5.41) is 1.79. The lowest BCUT2D eigenvalue weighted by Gasteiger charge is -2.31. The highest BCUT2D eigenvalue weighted by molar-refractivity contribution is 6.30. The molecule has 2 atom stereocenters. The molecular formula is C10H16ClF2NO. The van der Waals surface area contributed by atoms with Crippen LogP contribution in [0.2, 0.25) is 0 Å². The summed E-state index contributed by atoms with van der Waals surface area (Å²) >= 11 is 5.52. The molecule has 1 amide bonds. The van der Waals surface area contributed by atoms with Gasteiger partial charge in [0.2, 0.25) is 5.91 Å². The third kappa shape index (κ3) is 3.59. The molecule has 0 aromatic heterocycles. The van der Waals surface area contributed by atoms with Crippen LogP contribution in [-0.2, 0) is 4.79 Å². The van der Waals surface area contributed by atoms with E-state index in [1.165, 1.54) is 6.92 Å². The SMILES string of the molecule is CC(Cl)C(=O)NCC1CCCCC1(F)F. The first-order chi connectivity index (χ1) is 6.93. The van der Waals surface area contributed by atoms with Crippen LogP contribution in [0.15, 0.2) is 0 Å². The van der Waals surface area contributed by atoms with Gasteiger partial charge in [-0.05, 0) is 19.8 Å². The van der Waals surface area contributed by atoms with Gasteiger partial charge >= 0.3 is 0 Å². The van der Waals surface area contributed by atoms with Gasteiger partial charge in [-0.2, -0.15) is 0 Å². The summed E-state index contributed by atoms with van der Waals surface area (Å²) in [7, 11) is 0. The highest BCUT2D eigenvalue weighted by Crippen LogP contribution is 2.37. The predicted octanol–water partition coefficient (Wildman–Crippen LogP) is 2.56. The van der Waals surface area contributed by atoms with E-state index in [0.717, 1.165) is 6.42 Å². The monoisotopic (exact) mass is 239 g/mol. The lowest BCUT2D eigenvalue weighted by Crippen LogP contribution is -2.42. The zero-order chi connectivity index (χ0) is 11.5. The quantitative estimate of drug-likeness (QED) is 0.754. The maximum absolute atomic E-state index is 13.3. The van der Waals surface area contributed by atoms with E-state index in [9.17, 15) is 13.6 Å². The second kappa shape index (κ2) is 5.10. The van der Waals surface area contributed by atoms with Gasteiger partial charge in [-0.1, -0.05) is 6.42 Å². The van der Waals surface area contributed by atoms with E-state index in [1.54, 1.807) is 0 Å². The lowest BCUT2D eigenvalue weighted by atomic mass is 9.85. The number of hydrogen-bond acceptors (Lipinski definition) is 1. The van der Waals surface area contributed by atoms with Crippen LogP contribution in [0.3, 0.4) is 0 Å². The van der Waals surface area contributed by atoms with Gasteiger partial charge in [-0.15, -0.1) is 11.6 Å². The van der Waals surface area contributed by atoms with E-state index in [2.05, 4.69) is 5.32 Å². The topological polar surface area (TPSA) is 29.1 Å². The fraction of sp³-hybridized carbons (Fsp3) is 0.900. The van der Waals surface area contributed by atoms with E-state index in [1.807, 2.05) is 0 Å². The van der Waals surface area contributed by atoms with Crippen LogP contribution in [-0.4, -0.2) is 23.8 Å². The van der Waals surface area contributed by atoms with Gasteiger partial charge in [0.1, 0.15) is 5.38 Å². The van der Waals surface area contributed by atoms with E-state index in [-0.39, 0.29) is 18.9 Å². The Hall–Kier alpha value is -0.380. The summed E-state index contributed by atoms with van der Waals surface area (Å²) in [5.41, 5.74) is 0. The number of carbonyl (C=O) groups is 1. The Morgan fingerprint density at radius 2 is 2.27 bits per heavy atom. The second-order valence-electron chi connectivity index (χ2n) is 4.06. The first-order valence-electron chi connectivity index (χ1n) is 5.23. The van der Waals surface area contributed by atoms with E-state index < -0.39 is 17.2 Å². The van der Waals surface area contributed by atoms with E-state index in [0.29, 0.717) is 12.8 Å². The van der Waals surface area contributed by atoms with Gasteiger partial charge in [-0.3, -0.25) is 4.79 Å². The van der Waals surface area contributed by atoms with Crippen molar-refractivity contribution in [3.05, 3.63) is 0 Å². The normalized spacial score (nSPS) is 27.1. The van der Waals surface area contributed by atoms with Crippen LogP contribution in [0, 0.1) is 5.92 Å². The van der Waals surface area contributed by atoms with Gasteiger partial charge in [0.15, 0.2) is 0 Å². The van der Waals surface area contributed by atoms with Gasteiger partial charge in [0.05, 0.1) is 0 Å². The maximum Gasteiger partial charge on any atom is 0.252 e. The number of amides is 1. The summed E-state index contributed by atoms with van der Waals surface area (Å²) < 4.78 is 26.7. The molecule has 0 radical (unpaired) electrons. The Bertz CT molecular complexity index is 233. The first kappa shape index (κ1) is 12.7. The average Bonchev–Trinajstić information content (AvgIpc) is 2.14. The number of hydrogen-bond donors (Lipinski definition) is 1. The largest absolute Gasteiger partial charge is 0.354 e. The van der Waals surface area contributed by atoms with Crippen molar-refractivity contribution in [3.63, 3.8) is 0 Å². The van der Waals surface area contributed by atoms with Crippen molar-refractivity contribution in [2.75, 3.05) is 6.54 Å². The average molecular weight is 240 g/mol. The summed E-state index contributed by atoms with van der Waals surface area (Å²) in [5.74, 6) is -3.75. The molecule has 2 nitrogen and oxygen atoms in total. The summed E-state index contributed by atoms with van der Waals surface area (Å²) in [6, 6.07) is 0. The minimum Gasteiger partial charge on any atom is -0.354 e. The maximum atomic E-state index is 13.3. The number of carbonyl (C=O) groups excluding carboxylic acids is 1. The molecule has 1 fully saturated rings. The Labute approximate surface area is 93.4 Å². The van der Waals surface area contributed by atoms with Gasteiger partial charge in [0, 0.05) is 18.9 Å². The van der Waals surface area contributed by atoms with E-state index in [4.69, 9.17) is 11.6 Å². The van der Waals surface area contributed by atoms with Gasteiger partial charge in [-0.25, -0.2) is 8.78 Å². The Morgan fingerprint density at radius 3 is 2.80 bits per heavy atom. The third-order valence-electron chi connectivity index (χ3n) is 2.79. The molecule has 0 spiro atoms. The molecular weight excluding hydrogens is 224 g/mol. The lowest BCUT2D eigenvalue weighted by molar-refractivity contribution is -0.122. The summed E-state index contributed by atoms with van der Waals surface area (Å²) in [4.78, 5) is 11.1. The number of halogens is 3. The van der Waals surface area contributed by atoms with Crippen molar-refractivity contribution in [1.82, 2.24) is 5.32 Å². The molecule has 1 N–H and O–H groups in total. The summed E-state index contributed by atoms with van der Waals surface area (Å²) in [6.07, 6.45) is 1.80. The minimum absolute atomic E-state index is 0.0306. The zero-order valence-electron chi connectivity index (χ0n) is 8.73. The molecule has 0 aromatic rings. The van der Waals surface area contributed by atoms with E-state index >= 15 is 0 Å². The number of rotatable bonds is 3. The number of nitrogens with one attached hydrogen (secondary N) is 1. The fourth-order valence-electron chi connectivity index (χ4n) is 1.78. The first-order valence-corrected chi connectivity index (χ1v) is 5.67. The highest BCUT2D eigenvalue weighted by Gasteiger charge is 2.41. The van der Waals surface area contributed by atoms with Crippen molar-refractivity contribution in [1.29, 1.82) is 0 Å². The molecule has 88 valence electrons. The zero-order valence-corrected chi connectivity index (χ0v) is 9.49. The molecule has 15 heavy (non-hydrogen) atoms. The van der Waals surface area contributed by atoms with Gasteiger partial charge in [0.25, 0.3) is 5.92 Å². The standard InChI is InChI=1S/C10H16ClF2NO/c1-7(11)9(15)14-6-8-4-2-3-5-10(8,12)13/h7-8H,2-6H2,1H3,(H,14,15). The molecule has 1 aliphatic carbocycles. The molecule has 1 rings (SSSR count). The van der Waals surface area contributed by atoms with Crippen molar-refractivity contribution in [2.45, 2.75) is 43.9 Å². The van der Waals surface area contributed by atoms with Crippen molar-refractivity contribution in [2.24, 2.45) is 5.92 Å². The molecule has 1 saturated carbocycles. The van der Waals surface area contributed by atoms with Crippen LogP contribution in [0.4, 0.5) is 8.78 Å². The van der Waals surface area contributed by atoms with Crippen LogP contribution in [0.25, 0.3) is 0 Å². The fourth-order valence-corrected chi connectivity index (χ4v) is 1.86. The smallest absolute Gasteiger partial charge is 0.252 e. The molecule has 0 heterocycles. The molecule has 0 saturated heterocycles. The van der Waals surface area contributed by atoms with Crippen LogP contribution < -0.4 is 5.32 Å². The molecule has 1 aliphatic rings. The molecule has 0 aliphatic heterocycles. The van der Waals surface area contributed by atoms with Crippen LogP contribution in [0.1, 0.15) is 32.6 Å². The Morgan fingerprint density at radius 1 is 1.60 bits per heavy atom. The molecule has 0 bridgehead atoms. The Balaban J connectivity index is 2.40.